The molecule has 0 aromatic carbocycles. The molecule has 8 heteroatoms. The Balaban J connectivity index is 1.64. The van der Waals surface area contributed by atoms with Crippen LogP contribution >= 0.6 is 0 Å². The smallest absolute Gasteiger partial charge is 0.246 e. The maximum Gasteiger partial charge on any atom is 0.246 e. The molecule has 1 aromatic rings. The fourth-order valence-electron chi connectivity index (χ4n) is 2.55. The van der Waals surface area contributed by atoms with E-state index in [1.807, 2.05) is 0 Å². The van der Waals surface area contributed by atoms with E-state index in [2.05, 4.69) is 20.2 Å². The first-order valence-electron chi connectivity index (χ1n) is 7.32. The standard InChI is InChI=1S/C13H21N5O2S/c1-14-13-15-8-12(9-16-13)21(19,20)18-6-4-17(5-7-18)10-11-2-3-11/h8-9,11H,2-7,10H2,1H3,(H,14,15,16). The maximum absolute atomic E-state index is 12.5. The second-order valence-electron chi connectivity index (χ2n) is 5.64. The number of piperazine rings is 1. The van der Waals surface area contributed by atoms with Gasteiger partial charge in [0.1, 0.15) is 4.90 Å². The highest BCUT2D eigenvalue weighted by Crippen LogP contribution is 2.30. The molecule has 3 rings (SSSR count). The normalized spacial score (nSPS) is 21.4. The minimum Gasteiger partial charge on any atom is -0.357 e. The Bertz CT molecular complexity index is 577. The van der Waals surface area contributed by atoms with Gasteiger partial charge in [-0.15, -0.1) is 0 Å². The lowest BCUT2D eigenvalue weighted by Crippen LogP contribution is -2.49. The van der Waals surface area contributed by atoms with Gasteiger partial charge in [0.25, 0.3) is 0 Å². The molecule has 0 atom stereocenters. The van der Waals surface area contributed by atoms with Crippen LogP contribution in [0.15, 0.2) is 17.3 Å². The molecule has 1 aliphatic heterocycles. The van der Waals surface area contributed by atoms with E-state index >= 15 is 0 Å². The van der Waals surface area contributed by atoms with E-state index in [9.17, 15) is 8.42 Å². The Hall–Kier alpha value is -1.25. The van der Waals surface area contributed by atoms with Crippen molar-refractivity contribution in [2.24, 2.45) is 5.92 Å². The molecule has 0 radical (unpaired) electrons. The molecule has 7 nitrogen and oxygen atoms in total. The van der Waals surface area contributed by atoms with E-state index in [-0.39, 0.29) is 4.90 Å². The zero-order chi connectivity index (χ0) is 14.9. The Morgan fingerprint density at radius 2 is 1.81 bits per heavy atom. The summed E-state index contributed by atoms with van der Waals surface area (Å²) in [5, 5.41) is 2.78. The number of rotatable bonds is 5. The van der Waals surface area contributed by atoms with Crippen LogP contribution in [0.4, 0.5) is 5.95 Å². The molecule has 116 valence electrons. The third kappa shape index (κ3) is 3.33. The molecule has 1 N–H and O–H groups in total. The van der Waals surface area contributed by atoms with E-state index in [1.165, 1.54) is 29.5 Å². The van der Waals surface area contributed by atoms with Gasteiger partial charge in [-0.1, -0.05) is 0 Å². The van der Waals surface area contributed by atoms with Gasteiger partial charge < -0.3 is 10.2 Å². The fourth-order valence-corrected chi connectivity index (χ4v) is 3.86. The molecule has 0 spiro atoms. The van der Waals surface area contributed by atoms with Crippen LogP contribution in [0.1, 0.15) is 12.8 Å². The Kier molecular flexibility index (Phi) is 4.10. The van der Waals surface area contributed by atoms with Crippen LogP contribution in [0.2, 0.25) is 0 Å². The molecule has 0 amide bonds. The highest BCUT2D eigenvalue weighted by atomic mass is 32.2. The van der Waals surface area contributed by atoms with Crippen molar-refractivity contribution in [3.8, 4) is 0 Å². The molecule has 1 saturated carbocycles. The summed E-state index contributed by atoms with van der Waals surface area (Å²) in [4.78, 5) is 10.5. The summed E-state index contributed by atoms with van der Waals surface area (Å²) in [5.74, 6) is 1.26. The van der Waals surface area contributed by atoms with E-state index in [1.54, 1.807) is 7.05 Å². The lowest BCUT2D eigenvalue weighted by molar-refractivity contribution is 0.182. The van der Waals surface area contributed by atoms with Gasteiger partial charge in [-0.2, -0.15) is 4.31 Å². The summed E-state index contributed by atoms with van der Waals surface area (Å²) in [6.07, 6.45) is 5.39. The minimum atomic E-state index is -3.47. The highest BCUT2D eigenvalue weighted by molar-refractivity contribution is 7.89. The summed E-state index contributed by atoms with van der Waals surface area (Å²) in [6.45, 7) is 3.83. The summed E-state index contributed by atoms with van der Waals surface area (Å²) >= 11 is 0. The zero-order valence-corrected chi connectivity index (χ0v) is 13.0. The van der Waals surface area contributed by atoms with E-state index < -0.39 is 10.0 Å². The fraction of sp³-hybridized carbons (Fsp3) is 0.692. The molecule has 0 bridgehead atoms. The monoisotopic (exact) mass is 311 g/mol. The van der Waals surface area contributed by atoms with Gasteiger partial charge >= 0.3 is 0 Å². The first-order chi connectivity index (χ1) is 10.1. The number of sulfonamides is 1. The molecule has 2 aliphatic rings. The summed E-state index contributed by atoms with van der Waals surface area (Å²) in [5.41, 5.74) is 0. The number of nitrogens with one attached hydrogen (secondary N) is 1. The largest absolute Gasteiger partial charge is 0.357 e. The Morgan fingerprint density at radius 1 is 1.19 bits per heavy atom. The molecule has 1 aromatic heterocycles. The van der Waals surface area contributed by atoms with Crippen LogP contribution in [-0.2, 0) is 10.0 Å². The van der Waals surface area contributed by atoms with Crippen LogP contribution in [0, 0.1) is 5.92 Å². The minimum absolute atomic E-state index is 0.164. The van der Waals surface area contributed by atoms with Gasteiger partial charge in [-0.25, -0.2) is 18.4 Å². The predicted octanol–water partition coefficient (Wildman–Crippen LogP) is 0.235. The van der Waals surface area contributed by atoms with Crippen LogP contribution in [0.3, 0.4) is 0 Å². The molecular weight excluding hydrogens is 290 g/mol. The molecule has 2 fully saturated rings. The van der Waals surface area contributed by atoms with Crippen LogP contribution in [-0.4, -0.2) is 67.4 Å². The van der Waals surface area contributed by atoms with Crippen molar-refractivity contribution in [1.29, 1.82) is 0 Å². The van der Waals surface area contributed by atoms with Crippen molar-refractivity contribution in [3.63, 3.8) is 0 Å². The molecular formula is C13H21N5O2S. The van der Waals surface area contributed by atoms with E-state index in [0.29, 0.717) is 19.0 Å². The van der Waals surface area contributed by atoms with E-state index in [4.69, 9.17) is 0 Å². The van der Waals surface area contributed by atoms with E-state index in [0.717, 1.165) is 25.6 Å². The Morgan fingerprint density at radius 3 is 2.33 bits per heavy atom. The Labute approximate surface area is 125 Å². The second kappa shape index (κ2) is 5.86. The highest BCUT2D eigenvalue weighted by Gasteiger charge is 2.31. The molecule has 21 heavy (non-hydrogen) atoms. The van der Waals surface area contributed by atoms with Crippen molar-refractivity contribution in [1.82, 2.24) is 19.2 Å². The maximum atomic E-state index is 12.5. The quantitative estimate of drug-likeness (QED) is 0.839. The summed E-state index contributed by atoms with van der Waals surface area (Å²) in [6, 6.07) is 0. The van der Waals surface area contributed by atoms with Crippen LogP contribution in [0.25, 0.3) is 0 Å². The topological polar surface area (TPSA) is 78.4 Å². The average Bonchev–Trinajstić information content (AvgIpc) is 3.32. The molecule has 2 heterocycles. The zero-order valence-electron chi connectivity index (χ0n) is 12.2. The third-order valence-corrected chi connectivity index (χ3v) is 5.89. The van der Waals surface area contributed by atoms with Crippen molar-refractivity contribution in [3.05, 3.63) is 12.4 Å². The summed E-state index contributed by atoms with van der Waals surface area (Å²) < 4.78 is 26.6. The molecule has 0 unspecified atom stereocenters. The average molecular weight is 311 g/mol. The van der Waals surface area contributed by atoms with Gasteiger partial charge in [0.15, 0.2) is 0 Å². The lowest BCUT2D eigenvalue weighted by Gasteiger charge is -2.33. The second-order valence-corrected chi connectivity index (χ2v) is 7.58. The first kappa shape index (κ1) is 14.7. The SMILES string of the molecule is CNc1ncc(S(=O)(=O)N2CCN(CC3CC3)CC2)cn1. The van der Waals surface area contributed by atoms with Gasteiger partial charge in [-0.3, -0.25) is 0 Å². The van der Waals surface area contributed by atoms with Crippen molar-refractivity contribution in [2.75, 3.05) is 45.1 Å². The predicted molar refractivity (Wildman–Crippen MR) is 79.5 cm³/mol. The number of anilines is 1. The number of aromatic nitrogens is 2. The van der Waals surface area contributed by atoms with Crippen molar-refractivity contribution >= 4 is 16.0 Å². The number of hydrogen-bond donors (Lipinski definition) is 1. The van der Waals surface area contributed by atoms with Gasteiger partial charge in [0.2, 0.25) is 16.0 Å². The first-order valence-corrected chi connectivity index (χ1v) is 8.76. The lowest BCUT2D eigenvalue weighted by atomic mass is 10.3. The molecule has 1 saturated heterocycles. The van der Waals surface area contributed by atoms with Gasteiger partial charge in [0, 0.05) is 39.8 Å². The molecule has 1 aliphatic carbocycles. The number of hydrogen-bond acceptors (Lipinski definition) is 6. The third-order valence-electron chi connectivity index (χ3n) is 4.03. The van der Waals surface area contributed by atoms with Crippen LogP contribution in [0.5, 0.6) is 0 Å². The van der Waals surface area contributed by atoms with Crippen LogP contribution < -0.4 is 5.32 Å². The summed E-state index contributed by atoms with van der Waals surface area (Å²) in [7, 11) is -1.77. The van der Waals surface area contributed by atoms with Crippen molar-refractivity contribution < 1.29 is 8.42 Å². The van der Waals surface area contributed by atoms with Gasteiger partial charge in [-0.05, 0) is 18.8 Å². The van der Waals surface area contributed by atoms with Gasteiger partial charge in [0.05, 0.1) is 12.4 Å². The number of nitrogens with zero attached hydrogens (tertiary/aromatic N) is 4. The van der Waals surface area contributed by atoms with Crippen molar-refractivity contribution in [2.45, 2.75) is 17.7 Å².